The number of rotatable bonds is 2. The van der Waals surface area contributed by atoms with Gasteiger partial charge in [-0.05, 0) is 56.2 Å². The minimum Gasteiger partial charge on any atom is -0.507 e. The summed E-state index contributed by atoms with van der Waals surface area (Å²) in [6.45, 7) is 5.84. The Morgan fingerprint density at radius 2 is 1.58 bits per heavy atom. The number of hydrogen-bond acceptors (Lipinski definition) is 2. The lowest BCUT2D eigenvalue weighted by Gasteiger charge is -2.09. The first kappa shape index (κ1) is 13.1. The predicted octanol–water partition coefficient (Wildman–Crippen LogP) is 3.57. The minimum atomic E-state index is -0.300. The van der Waals surface area contributed by atoms with Crippen LogP contribution in [0.1, 0.15) is 27.0 Å². The van der Waals surface area contributed by atoms with Gasteiger partial charge in [-0.2, -0.15) is 0 Å². The van der Waals surface area contributed by atoms with Crippen molar-refractivity contribution in [1.29, 1.82) is 0 Å². The second-order valence-electron chi connectivity index (χ2n) is 4.85. The van der Waals surface area contributed by atoms with Crippen LogP contribution in [0.4, 0.5) is 5.69 Å². The van der Waals surface area contributed by atoms with Gasteiger partial charge in [-0.25, -0.2) is 0 Å². The molecule has 2 N–H and O–H groups in total. The lowest BCUT2D eigenvalue weighted by Crippen LogP contribution is -2.12. The van der Waals surface area contributed by atoms with Crippen LogP contribution in [0.25, 0.3) is 0 Å². The molecule has 0 atom stereocenters. The van der Waals surface area contributed by atoms with Crippen LogP contribution in [0.5, 0.6) is 5.75 Å². The van der Waals surface area contributed by atoms with Crippen LogP contribution in [0.3, 0.4) is 0 Å². The summed E-state index contributed by atoms with van der Waals surface area (Å²) >= 11 is 0. The number of aromatic hydroxyl groups is 1. The molecule has 0 spiro atoms. The molecule has 0 heterocycles. The molecule has 0 aliphatic rings. The van der Waals surface area contributed by atoms with Crippen LogP contribution >= 0.6 is 0 Å². The normalized spacial score (nSPS) is 10.3. The van der Waals surface area contributed by atoms with E-state index in [0.29, 0.717) is 5.56 Å². The van der Waals surface area contributed by atoms with Crippen molar-refractivity contribution in [2.24, 2.45) is 0 Å². The molecule has 3 heteroatoms. The number of carbonyl (C=O) groups excluding carboxylic acids is 1. The zero-order valence-corrected chi connectivity index (χ0v) is 11.3. The Balaban J connectivity index is 2.28. The van der Waals surface area contributed by atoms with Crippen molar-refractivity contribution in [2.75, 3.05) is 5.32 Å². The molecule has 3 nitrogen and oxygen atoms in total. The fourth-order valence-electron chi connectivity index (χ4n) is 2.08. The lowest BCUT2D eigenvalue weighted by molar-refractivity contribution is 0.102. The molecule has 0 unspecified atom stereocenters. The van der Waals surface area contributed by atoms with E-state index in [9.17, 15) is 9.90 Å². The third kappa shape index (κ3) is 3.13. The van der Waals surface area contributed by atoms with Crippen molar-refractivity contribution in [1.82, 2.24) is 0 Å². The Morgan fingerprint density at radius 3 is 2.21 bits per heavy atom. The number of benzene rings is 2. The van der Waals surface area contributed by atoms with Crippen LogP contribution < -0.4 is 5.32 Å². The van der Waals surface area contributed by atoms with Crippen molar-refractivity contribution in [3.8, 4) is 5.75 Å². The maximum atomic E-state index is 12.1. The van der Waals surface area contributed by atoms with Crippen LogP contribution in [0.2, 0.25) is 0 Å². The van der Waals surface area contributed by atoms with Gasteiger partial charge in [0.15, 0.2) is 0 Å². The molecule has 0 bridgehead atoms. The molecule has 0 saturated carbocycles. The zero-order chi connectivity index (χ0) is 14.0. The number of nitrogens with one attached hydrogen (secondary N) is 1. The van der Waals surface area contributed by atoms with Gasteiger partial charge in [0.2, 0.25) is 0 Å². The molecule has 0 aliphatic heterocycles. The van der Waals surface area contributed by atoms with Crippen molar-refractivity contribution < 1.29 is 9.90 Å². The highest BCUT2D eigenvalue weighted by Gasteiger charge is 2.11. The summed E-state index contributed by atoms with van der Waals surface area (Å²) in [5.74, 6) is -0.307. The number of amides is 1. The first-order valence-corrected chi connectivity index (χ1v) is 6.15. The summed E-state index contributed by atoms with van der Waals surface area (Å²) in [7, 11) is 0. The van der Waals surface area contributed by atoms with Crippen LogP contribution in [0.15, 0.2) is 36.4 Å². The summed E-state index contributed by atoms with van der Waals surface area (Å²) in [6, 6.07) is 10.8. The summed E-state index contributed by atoms with van der Waals surface area (Å²) < 4.78 is 0. The molecule has 0 aromatic heterocycles. The zero-order valence-electron chi connectivity index (χ0n) is 11.3. The van der Waals surface area contributed by atoms with E-state index in [2.05, 4.69) is 5.32 Å². The molecule has 0 radical (unpaired) electrons. The molecule has 98 valence electrons. The number of carbonyl (C=O) groups is 1. The average Bonchev–Trinajstić information content (AvgIpc) is 2.30. The van der Waals surface area contributed by atoms with Gasteiger partial charge >= 0.3 is 0 Å². The summed E-state index contributed by atoms with van der Waals surface area (Å²) in [5.41, 5.74) is 4.14. The fourth-order valence-corrected chi connectivity index (χ4v) is 2.08. The van der Waals surface area contributed by atoms with E-state index in [-0.39, 0.29) is 11.7 Å². The summed E-state index contributed by atoms with van der Waals surface area (Å²) in [4.78, 5) is 12.1. The lowest BCUT2D eigenvalue weighted by atomic mass is 10.1. The maximum absolute atomic E-state index is 12.1. The number of anilines is 1. The quantitative estimate of drug-likeness (QED) is 0.861. The molecule has 0 saturated heterocycles. The van der Waals surface area contributed by atoms with Gasteiger partial charge in [0.25, 0.3) is 5.91 Å². The third-order valence-corrected chi connectivity index (χ3v) is 2.88. The van der Waals surface area contributed by atoms with E-state index < -0.39 is 0 Å². The molecule has 2 aromatic rings. The average molecular weight is 255 g/mol. The first-order valence-electron chi connectivity index (χ1n) is 6.15. The second-order valence-corrected chi connectivity index (χ2v) is 4.85. The van der Waals surface area contributed by atoms with Gasteiger partial charge in [0.05, 0.1) is 5.56 Å². The molecular formula is C16H17NO2. The van der Waals surface area contributed by atoms with Crippen molar-refractivity contribution >= 4 is 11.6 Å². The van der Waals surface area contributed by atoms with Gasteiger partial charge in [-0.3, -0.25) is 4.79 Å². The van der Waals surface area contributed by atoms with E-state index in [1.807, 2.05) is 39.0 Å². The molecule has 19 heavy (non-hydrogen) atoms. The molecule has 2 rings (SSSR count). The Bertz CT molecular complexity index is 612. The largest absolute Gasteiger partial charge is 0.507 e. The smallest absolute Gasteiger partial charge is 0.259 e. The molecular weight excluding hydrogens is 238 g/mol. The Labute approximate surface area is 112 Å². The van der Waals surface area contributed by atoms with Crippen LogP contribution in [-0.4, -0.2) is 11.0 Å². The first-order chi connectivity index (χ1) is 8.95. The third-order valence-electron chi connectivity index (χ3n) is 2.88. The SMILES string of the molecule is Cc1cc(C)cc(NC(=O)c2cc(C)ccc2O)c1. The predicted molar refractivity (Wildman–Crippen MR) is 76.7 cm³/mol. The Hall–Kier alpha value is -2.29. The van der Waals surface area contributed by atoms with Gasteiger partial charge in [-0.1, -0.05) is 17.7 Å². The van der Waals surface area contributed by atoms with E-state index in [4.69, 9.17) is 0 Å². The minimum absolute atomic E-state index is 0.00697. The van der Waals surface area contributed by atoms with Crippen LogP contribution in [0, 0.1) is 20.8 Å². The molecule has 0 aliphatic carbocycles. The van der Waals surface area contributed by atoms with E-state index in [0.717, 1.165) is 22.4 Å². The standard InChI is InChI=1S/C16H17NO2/c1-10-4-5-15(18)14(9-10)16(19)17-13-7-11(2)6-12(3)8-13/h4-9,18H,1-3H3,(H,17,19). The van der Waals surface area contributed by atoms with Gasteiger partial charge in [0, 0.05) is 5.69 Å². The molecule has 0 fully saturated rings. The van der Waals surface area contributed by atoms with E-state index in [1.165, 1.54) is 6.07 Å². The number of aryl methyl sites for hydroxylation is 3. The topological polar surface area (TPSA) is 49.3 Å². The fraction of sp³-hybridized carbons (Fsp3) is 0.188. The van der Waals surface area contributed by atoms with Crippen molar-refractivity contribution in [3.63, 3.8) is 0 Å². The van der Waals surface area contributed by atoms with Gasteiger partial charge in [-0.15, -0.1) is 0 Å². The monoisotopic (exact) mass is 255 g/mol. The number of phenolic OH excluding ortho intramolecular Hbond substituents is 1. The van der Waals surface area contributed by atoms with Crippen molar-refractivity contribution in [3.05, 3.63) is 58.7 Å². The second kappa shape index (κ2) is 5.14. The van der Waals surface area contributed by atoms with Gasteiger partial charge < -0.3 is 10.4 Å². The summed E-state index contributed by atoms with van der Waals surface area (Å²) in [5, 5.41) is 12.5. The highest BCUT2D eigenvalue weighted by Crippen LogP contribution is 2.21. The maximum Gasteiger partial charge on any atom is 0.259 e. The Morgan fingerprint density at radius 1 is 0.947 bits per heavy atom. The van der Waals surface area contributed by atoms with Crippen molar-refractivity contribution in [2.45, 2.75) is 20.8 Å². The summed E-state index contributed by atoms with van der Waals surface area (Å²) in [6.07, 6.45) is 0. The highest BCUT2D eigenvalue weighted by atomic mass is 16.3. The van der Waals surface area contributed by atoms with E-state index >= 15 is 0 Å². The van der Waals surface area contributed by atoms with E-state index in [1.54, 1.807) is 12.1 Å². The Kier molecular flexibility index (Phi) is 3.56. The number of phenols is 1. The molecule has 1 amide bonds. The molecule has 2 aromatic carbocycles. The number of hydrogen-bond donors (Lipinski definition) is 2. The van der Waals surface area contributed by atoms with Gasteiger partial charge in [0.1, 0.15) is 5.75 Å². The van der Waals surface area contributed by atoms with Crippen LogP contribution in [-0.2, 0) is 0 Å². The highest BCUT2D eigenvalue weighted by molar-refractivity contribution is 6.06.